The van der Waals surface area contributed by atoms with E-state index in [-0.39, 0.29) is 12.1 Å². The van der Waals surface area contributed by atoms with Gasteiger partial charge in [0, 0.05) is 32.2 Å². The summed E-state index contributed by atoms with van der Waals surface area (Å²) in [5.74, 6) is 0.730. The van der Waals surface area contributed by atoms with E-state index in [0.717, 1.165) is 32.6 Å². The molecule has 4 rings (SSSR count). The highest BCUT2D eigenvalue weighted by atomic mass is 16.5. The molecule has 6 heteroatoms. The first-order chi connectivity index (χ1) is 13.8. The summed E-state index contributed by atoms with van der Waals surface area (Å²) in [5.41, 5.74) is 8.80. The highest BCUT2D eigenvalue weighted by Gasteiger charge is 2.32. The lowest BCUT2D eigenvalue weighted by molar-refractivity contribution is 0.0541. The molecule has 2 N–H and O–H groups in total. The molecule has 6 nitrogen and oxygen atoms in total. The number of hydrazine groups is 1. The number of carbonyl (C=O) groups is 1. The van der Waals surface area contributed by atoms with Crippen LogP contribution in [0.5, 0.6) is 5.75 Å². The van der Waals surface area contributed by atoms with Crippen LogP contribution in [0.3, 0.4) is 0 Å². The number of hydrogen-bond donors (Lipinski definition) is 2. The van der Waals surface area contributed by atoms with Crippen molar-refractivity contribution in [1.29, 1.82) is 0 Å². The summed E-state index contributed by atoms with van der Waals surface area (Å²) < 4.78 is 5.63. The Labute approximate surface area is 166 Å². The van der Waals surface area contributed by atoms with Gasteiger partial charge in [-0.1, -0.05) is 42.5 Å². The minimum atomic E-state index is 0.0587. The predicted octanol–water partition coefficient (Wildman–Crippen LogP) is 2.41. The van der Waals surface area contributed by atoms with E-state index in [2.05, 4.69) is 40.0 Å². The van der Waals surface area contributed by atoms with Crippen LogP contribution < -0.4 is 15.6 Å². The number of carbonyl (C=O) groups excluding carboxylic acids is 1. The number of para-hydroxylation sites is 1. The van der Waals surface area contributed by atoms with Gasteiger partial charge in [0.1, 0.15) is 5.75 Å². The summed E-state index contributed by atoms with van der Waals surface area (Å²) >= 11 is 0. The summed E-state index contributed by atoms with van der Waals surface area (Å²) in [4.78, 5) is 17.3. The maximum atomic E-state index is 13.0. The van der Waals surface area contributed by atoms with Crippen molar-refractivity contribution in [3.05, 3.63) is 65.7 Å². The Hall–Kier alpha value is -2.41. The molecule has 0 aromatic heterocycles. The number of hydrogen-bond acceptors (Lipinski definition) is 5. The van der Waals surface area contributed by atoms with Crippen LogP contribution in [0.15, 0.2) is 54.6 Å². The van der Waals surface area contributed by atoms with Crippen LogP contribution in [0.25, 0.3) is 0 Å². The van der Waals surface area contributed by atoms with Gasteiger partial charge in [-0.05, 0) is 31.0 Å². The van der Waals surface area contributed by atoms with Gasteiger partial charge in [0.15, 0.2) is 0 Å². The number of nitrogens with zero attached hydrogens (tertiary/aromatic N) is 2. The zero-order chi connectivity index (χ0) is 19.3. The van der Waals surface area contributed by atoms with Crippen LogP contribution in [0, 0.1) is 0 Å². The highest BCUT2D eigenvalue weighted by Crippen LogP contribution is 2.25. The summed E-state index contributed by atoms with van der Waals surface area (Å²) in [5, 5.41) is 0. The summed E-state index contributed by atoms with van der Waals surface area (Å²) in [6, 6.07) is 18.4. The highest BCUT2D eigenvalue weighted by molar-refractivity contribution is 5.97. The van der Waals surface area contributed by atoms with Crippen molar-refractivity contribution in [2.75, 3.05) is 32.8 Å². The van der Waals surface area contributed by atoms with Crippen molar-refractivity contribution in [2.45, 2.75) is 25.6 Å². The Balaban J connectivity index is 1.33. The predicted molar refractivity (Wildman–Crippen MR) is 109 cm³/mol. The molecular formula is C22H28N4O2. The maximum absolute atomic E-state index is 13.0. The smallest absolute Gasteiger partial charge is 0.257 e. The number of benzene rings is 2. The number of piperazine rings is 1. The molecule has 0 aliphatic carbocycles. The van der Waals surface area contributed by atoms with Crippen molar-refractivity contribution in [3.8, 4) is 5.75 Å². The molecule has 2 aromatic rings. The summed E-state index contributed by atoms with van der Waals surface area (Å²) in [6.45, 7) is 5.68. The standard InChI is InChI=1S/C22H28N4O2/c1-2-28-20-11-7-6-10-18(20)22(27)26-14-12-25(13-15-26)21-16-19(23-24-21)17-8-4-3-5-9-17/h3-11,19,21,23-24H,2,12-16H2,1H3. The van der Waals surface area contributed by atoms with E-state index in [1.54, 1.807) is 0 Å². The molecule has 2 aromatic carbocycles. The van der Waals surface area contributed by atoms with E-state index in [1.807, 2.05) is 42.2 Å². The van der Waals surface area contributed by atoms with Crippen molar-refractivity contribution < 1.29 is 9.53 Å². The van der Waals surface area contributed by atoms with Crippen molar-refractivity contribution in [3.63, 3.8) is 0 Å². The second-order valence-electron chi connectivity index (χ2n) is 7.26. The Morgan fingerprint density at radius 1 is 1.00 bits per heavy atom. The van der Waals surface area contributed by atoms with Gasteiger partial charge < -0.3 is 9.64 Å². The number of nitrogens with one attached hydrogen (secondary N) is 2. The third-order valence-corrected chi connectivity index (χ3v) is 5.54. The molecule has 1 amide bonds. The average Bonchev–Trinajstić information content (AvgIpc) is 3.25. The summed E-state index contributed by atoms with van der Waals surface area (Å²) in [7, 11) is 0. The summed E-state index contributed by atoms with van der Waals surface area (Å²) in [6.07, 6.45) is 1.31. The van der Waals surface area contributed by atoms with Crippen LogP contribution in [0.4, 0.5) is 0 Å². The van der Waals surface area contributed by atoms with Gasteiger partial charge in [0.05, 0.1) is 18.3 Å². The van der Waals surface area contributed by atoms with Crippen LogP contribution in [0.1, 0.15) is 35.3 Å². The molecule has 0 saturated carbocycles. The third-order valence-electron chi connectivity index (χ3n) is 5.54. The Bertz CT molecular complexity index is 790. The second-order valence-corrected chi connectivity index (χ2v) is 7.26. The molecule has 2 saturated heterocycles. The number of amides is 1. The Morgan fingerprint density at radius 2 is 1.71 bits per heavy atom. The number of rotatable bonds is 5. The molecule has 2 aliphatic rings. The van der Waals surface area contributed by atoms with E-state index in [1.165, 1.54) is 5.56 Å². The SMILES string of the molecule is CCOc1ccccc1C(=O)N1CCN(C2CC(c3ccccc3)NN2)CC1. The van der Waals surface area contributed by atoms with Gasteiger partial charge >= 0.3 is 0 Å². The molecule has 2 heterocycles. The molecule has 2 aliphatic heterocycles. The van der Waals surface area contributed by atoms with Gasteiger partial charge in [-0.2, -0.15) is 0 Å². The lowest BCUT2D eigenvalue weighted by Gasteiger charge is -2.37. The topological polar surface area (TPSA) is 56.8 Å². The van der Waals surface area contributed by atoms with Gasteiger partial charge in [0.25, 0.3) is 5.91 Å². The van der Waals surface area contributed by atoms with Gasteiger partial charge in [-0.15, -0.1) is 0 Å². The lowest BCUT2D eigenvalue weighted by atomic mass is 10.0. The molecule has 2 atom stereocenters. The fourth-order valence-corrected chi connectivity index (χ4v) is 4.01. The van der Waals surface area contributed by atoms with Gasteiger partial charge in [0.2, 0.25) is 0 Å². The monoisotopic (exact) mass is 380 g/mol. The maximum Gasteiger partial charge on any atom is 0.257 e. The molecule has 28 heavy (non-hydrogen) atoms. The van der Waals surface area contributed by atoms with E-state index >= 15 is 0 Å². The van der Waals surface area contributed by atoms with Crippen LogP contribution >= 0.6 is 0 Å². The normalized spacial score (nSPS) is 23.0. The van der Waals surface area contributed by atoms with Crippen LogP contribution in [-0.4, -0.2) is 54.7 Å². The third kappa shape index (κ3) is 4.04. The molecule has 2 unspecified atom stereocenters. The first-order valence-electron chi connectivity index (χ1n) is 10.1. The molecule has 0 radical (unpaired) electrons. The van der Waals surface area contributed by atoms with Crippen molar-refractivity contribution >= 4 is 5.91 Å². The van der Waals surface area contributed by atoms with Gasteiger partial charge in [-0.25, -0.2) is 10.9 Å². The Morgan fingerprint density at radius 3 is 2.46 bits per heavy atom. The second kappa shape index (κ2) is 8.73. The van der Waals surface area contributed by atoms with E-state index in [4.69, 9.17) is 4.74 Å². The fourth-order valence-electron chi connectivity index (χ4n) is 4.01. The molecular weight excluding hydrogens is 352 g/mol. The lowest BCUT2D eigenvalue weighted by Crippen LogP contribution is -2.55. The Kier molecular flexibility index (Phi) is 5.90. The minimum Gasteiger partial charge on any atom is -0.493 e. The number of ether oxygens (including phenoxy) is 1. The molecule has 0 spiro atoms. The van der Waals surface area contributed by atoms with Crippen LogP contribution in [0.2, 0.25) is 0 Å². The molecule has 148 valence electrons. The zero-order valence-electron chi connectivity index (χ0n) is 16.3. The van der Waals surface area contributed by atoms with Crippen molar-refractivity contribution in [1.82, 2.24) is 20.7 Å². The minimum absolute atomic E-state index is 0.0587. The van der Waals surface area contributed by atoms with Crippen LogP contribution in [-0.2, 0) is 0 Å². The first kappa shape index (κ1) is 18.9. The van der Waals surface area contributed by atoms with E-state index in [9.17, 15) is 4.79 Å². The zero-order valence-corrected chi connectivity index (χ0v) is 16.3. The largest absolute Gasteiger partial charge is 0.493 e. The van der Waals surface area contributed by atoms with Crippen molar-refractivity contribution in [2.24, 2.45) is 0 Å². The average molecular weight is 380 g/mol. The quantitative estimate of drug-likeness (QED) is 0.834. The molecule has 2 fully saturated rings. The van der Waals surface area contributed by atoms with Gasteiger partial charge in [-0.3, -0.25) is 9.69 Å². The van der Waals surface area contributed by atoms with E-state index < -0.39 is 0 Å². The molecule has 0 bridgehead atoms. The fraction of sp³-hybridized carbons (Fsp3) is 0.409. The first-order valence-corrected chi connectivity index (χ1v) is 10.1. The van der Waals surface area contributed by atoms with E-state index in [0.29, 0.717) is 24.0 Å².